The van der Waals surface area contributed by atoms with Gasteiger partial charge in [0.2, 0.25) is 0 Å². The molecule has 1 heterocycles. The monoisotopic (exact) mass is 314 g/mol. The van der Waals surface area contributed by atoms with Gasteiger partial charge in [0.15, 0.2) is 0 Å². The highest BCUT2D eigenvalue weighted by molar-refractivity contribution is 9.10. The molecule has 2 rings (SSSR count). The van der Waals surface area contributed by atoms with Gasteiger partial charge in [-0.1, -0.05) is 6.92 Å². The molecule has 1 aromatic carbocycles. The van der Waals surface area contributed by atoms with E-state index >= 15 is 0 Å². The number of nitrogens with zero attached hydrogens (tertiary/aromatic N) is 1. The first kappa shape index (κ1) is 13.8. The van der Waals surface area contributed by atoms with Crippen molar-refractivity contribution < 1.29 is 4.39 Å². The maximum atomic E-state index is 13.2. The molecule has 1 fully saturated rings. The van der Waals surface area contributed by atoms with E-state index in [2.05, 4.69) is 33.1 Å². The van der Waals surface area contributed by atoms with Crippen molar-refractivity contribution >= 4 is 21.6 Å². The number of anilines is 1. The van der Waals surface area contributed by atoms with E-state index < -0.39 is 0 Å². The van der Waals surface area contributed by atoms with Gasteiger partial charge in [-0.2, -0.15) is 0 Å². The largest absolute Gasteiger partial charge is 0.381 e. The topological polar surface area (TPSA) is 15.3 Å². The van der Waals surface area contributed by atoms with E-state index in [1.54, 1.807) is 12.1 Å². The summed E-state index contributed by atoms with van der Waals surface area (Å²) in [5, 5.41) is 3.46. The number of benzene rings is 1. The van der Waals surface area contributed by atoms with Crippen LogP contribution < -0.4 is 5.32 Å². The highest BCUT2D eigenvalue weighted by atomic mass is 79.9. The molecule has 4 heteroatoms. The van der Waals surface area contributed by atoms with Gasteiger partial charge in [-0.05, 0) is 66.5 Å². The second kappa shape index (κ2) is 6.53. The van der Waals surface area contributed by atoms with Crippen LogP contribution in [0.4, 0.5) is 10.1 Å². The zero-order chi connectivity index (χ0) is 13.0. The SMILES string of the molecule is CCN1CCCC(Nc2cc(F)ccc2Br)CC1. The summed E-state index contributed by atoms with van der Waals surface area (Å²) in [5.74, 6) is -0.190. The van der Waals surface area contributed by atoms with E-state index in [1.165, 1.54) is 19.0 Å². The smallest absolute Gasteiger partial charge is 0.125 e. The van der Waals surface area contributed by atoms with E-state index in [0.717, 1.165) is 36.1 Å². The third kappa shape index (κ3) is 3.69. The Bertz CT molecular complexity index is 397. The highest BCUT2D eigenvalue weighted by Crippen LogP contribution is 2.25. The minimum Gasteiger partial charge on any atom is -0.381 e. The summed E-state index contributed by atoms with van der Waals surface area (Å²) in [6, 6.07) is 5.24. The van der Waals surface area contributed by atoms with Crippen LogP contribution in [0, 0.1) is 5.82 Å². The van der Waals surface area contributed by atoms with E-state index in [-0.39, 0.29) is 5.82 Å². The van der Waals surface area contributed by atoms with Crippen LogP contribution in [0.25, 0.3) is 0 Å². The molecule has 0 aromatic heterocycles. The maximum absolute atomic E-state index is 13.2. The molecule has 2 nitrogen and oxygen atoms in total. The van der Waals surface area contributed by atoms with Crippen molar-refractivity contribution in [2.24, 2.45) is 0 Å². The number of hydrogen-bond acceptors (Lipinski definition) is 2. The van der Waals surface area contributed by atoms with Crippen LogP contribution in [0.3, 0.4) is 0 Å². The molecular weight excluding hydrogens is 295 g/mol. The number of likely N-dealkylation sites (tertiary alicyclic amines) is 1. The summed E-state index contributed by atoms with van der Waals surface area (Å²) in [5.41, 5.74) is 0.866. The molecule has 0 saturated carbocycles. The van der Waals surface area contributed by atoms with E-state index in [1.807, 2.05) is 0 Å². The lowest BCUT2D eigenvalue weighted by Gasteiger charge is -2.20. The summed E-state index contributed by atoms with van der Waals surface area (Å²) < 4.78 is 14.2. The fraction of sp³-hybridized carbons (Fsp3) is 0.571. The molecule has 1 unspecified atom stereocenters. The minimum atomic E-state index is -0.190. The van der Waals surface area contributed by atoms with Crippen LogP contribution in [0.1, 0.15) is 26.2 Å². The molecule has 0 aliphatic carbocycles. The summed E-state index contributed by atoms with van der Waals surface area (Å²) in [6.07, 6.45) is 3.48. The minimum absolute atomic E-state index is 0.190. The molecule has 0 spiro atoms. The fourth-order valence-electron chi connectivity index (χ4n) is 2.44. The summed E-state index contributed by atoms with van der Waals surface area (Å²) in [7, 11) is 0. The second-order valence-corrected chi connectivity index (χ2v) is 5.68. The van der Waals surface area contributed by atoms with Crippen LogP contribution >= 0.6 is 15.9 Å². The van der Waals surface area contributed by atoms with Gasteiger partial charge in [0.1, 0.15) is 5.82 Å². The molecule has 1 aliphatic heterocycles. The summed E-state index contributed by atoms with van der Waals surface area (Å²) in [6.45, 7) is 5.63. The first-order valence-electron chi connectivity index (χ1n) is 6.63. The molecule has 1 aliphatic rings. The van der Waals surface area contributed by atoms with Crippen molar-refractivity contribution in [1.82, 2.24) is 4.90 Å². The average Bonchev–Trinajstić information content (AvgIpc) is 2.59. The summed E-state index contributed by atoms with van der Waals surface area (Å²) in [4.78, 5) is 2.47. The van der Waals surface area contributed by atoms with Crippen molar-refractivity contribution in [3.8, 4) is 0 Å². The van der Waals surface area contributed by atoms with Gasteiger partial charge in [0.25, 0.3) is 0 Å². The van der Waals surface area contributed by atoms with Crippen LogP contribution in [-0.2, 0) is 0 Å². The number of halogens is 2. The Morgan fingerprint density at radius 1 is 1.39 bits per heavy atom. The standard InChI is InChI=1S/C14H20BrFN2/c1-2-18-8-3-4-12(7-9-18)17-14-10-11(16)5-6-13(14)15/h5-6,10,12,17H,2-4,7-9H2,1H3. The quantitative estimate of drug-likeness (QED) is 0.911. The van der Waals surface area contributed by atoms with Crippen molar-refractivity contribution in [2.45, 2.75) is 32.2 Å². The van der Waals surface area contributed by atoms with Gasteiger partial charge in [-0.15, -0.1) is 0 Å². The van der Waals surface area contributed by atoms with Gasteiger partial charge in [0, 0.05) is 17.1 Å². The van der Waals surface area contributed by atoms with Crippen LogP contribution in [0.2, 0.25) is 0 Å². The fourth-order valence-corrected chi connectivity index (χ4v) is 2.81. The van der Waals surface area contributed by atoms with Gasteiger partial charge in [0.05, 0.1) is 5.69 Å². The molecular formula is C14H20BrFN2. The van der Waals surface area contributed by atoms with Gasteiger partial charge >= 0.3 is 0 Å². The van der Waals surface area contributed by atoms with E-state index in [4.69, 9.17) is 0 Å². The van der Waals surface area contributed by atoms with Crippen molar-refractivity contribution in [3.63, 3.8) is 0 Å². The molecule has 100 valence electrons. The third-order valence-corrected chi connectivity index (χ3v) is 4.25. The van der Waals surface area contributed by atoms with Crippen molar-refractivity contribution in [2.75, 3.05) is 25.0 Å². The third-order valence-electron chi connectivity index (χ3n) is 3.56. The Kier molecular flexibility index (Phi) is 5.01. The van der Waals surface area contributed by atoms with Crippen LogP contribution in [-0.4, -0.2) is 30.6 Å². The molecule has 1 atom stereocenters. The van der Waals surface area contributed by atoms with Crippen molar-refractivity contribution in [3.05, 3.63) is 28.5 Å². The first-order valence-corrected chi connectivity index (χ1v) is 7.42. The second-order valence-electron chi connectivity index (χ2n) is 4.83. The zero-order valence-electron chi connectivity index (χ0n) is 10.8. The first-order chi connectivity index (χ1) is 8.69. The molecule has 0 bridgehead atoms. The van der Waals surface area contributed by atoms with Crippen LogP contribution in [0.5, 0.6) is 0 Å². The number of hydrogen-bond donors (Lipinski definition) is 1. The lowest BCUT2D eigenvalue weighted by Crippen LogP contribution is -2.26. The Labute approximate surface area is 117 Å². The Morgan fingerprint density at radius 2 is 2.22 bits per heavy atom. The molecule has 1 saturated heterocycles. The van der Waals surface area contributed by atoms with Gasteiger partial charge < -0.3 is 10.2 Å². The number of nitrogens with one attached hydrogen (secondary N) is 1. The molecule has 18 heavy (non-hydrogen) atoms. The van der Waals surface area contributed by atoms with Crippen LogP contribution in [0.15, 0.2) is 22.7 Å². The summed E-state index contributed by atoms with van der Waals surface area (Å²) >= 11 is 3.46. The Balaban J connectivity index is 1.98. The molecule has 0 radical (unpaired) electrons. The van der Waals surface area contributed by atoms with E-state index in [9.17, 15) is 4.39 Å². The van der Waals surface area contributed by atoms with Crippen molar-refractivity contribution in [1.29, 1.82) is 0 Å². The number of rotatable bonds is 3. The average molecular weight is 315 g/mol. The normalized spacial score (nSPS) is 21.6. The molecule has 0 amide bonds. The van der Waals surface area contributed by atoms with Gasteiger partial charge in [-0.3, -0.25) is 0 Å². The molecule has 1 N–H and O–H groups in total. The predicted molar refractivity (Wildman–Crippen MR) is 77.5 cm³/mol. The maximum Gasteiger partial charge on any atom is 0.125 e. The lowest BCUT2D eigenvalue weighted by molar-refractivity contribution is 0.300. The van der Waals surface area contributed by atoms with E-state index in [0.29, 0.717) is 6.04 Å². The zero-order valence-corrected chi connectivity index (χ0v) is 12.3. The lowest BCUT2D eigenvalue weighted by atomic mass is 10.1. The van der Waals surface area contributed by atoms with Gasteiger partial charge in [-0.25, -0.2) is 4.39 Å². The Morgan fingerprint density at radius 3 is 3.00 bits per heavy atom. The predicted octanol–water partition coefficient (Wildman–Crippen LogP) is 3.87. The Hall–Kier alpha value is -0.610. The highest BCUT2D eigenvalue weighted by Gasteiger charge is 2.16. The molecule has 1 aromatic rings.